The summed E-state index contributed by atoms with van der Waals surface area (Å²) < 4.78 is 15.8. The van der Waals surface area contributed by atoms with Gasteiger partial charge in [-0.25, -0.2) is 0 Å². The molecule has 0 radical (unpaired) electrons. The van der Waals surface area contributed by atoms with E-state index in [0.717, 1.165) is 26.1 Å². The highest BCUT2D eigenvalue weighted by atomic mass is 16.5. The maximum absolute atomic E-state index is 5.82. The normalized spacial score (nSPS) is 12.3. The van der Waals surface area contributed by atoms with Crippen molar-refractivity contribution in [3.8, 4) is 0 Å². The molecule has 0 aliphatic rings. The van der Waals surface area contributed by atoms with Gasteiger partial charge in [-0.2, -0.15) is 0 Å². The number of rotatable bonds is 13. The van der Waals surface area contributed by atoms with Gasteiger partial charge in [0.05, 0.1) is 33.0 Å². The van der Waals surface area contributed by atoms with Crippen LogP contribution >= 0.6 is 0 Å². The van der Waals surface area contributed by atoms with Crippen LogP contribution in [0.15, 0.2) is 0 Å². The van der Waals surface area contributed by atoms with Crippen molar-refractivity contribution in [3.05, 3.63) is 0 Å². The van der Waals surface area contributed by atoms with Gasteiger partial charge >= 0.3 is 0 Å². The summed E-state index contributed by atoms with van der Waals surface area (Å²) in [5, 5.41) is 0. The topological polar surface area (TPSA) is 57.0 Å². The average molecular weight is 276 g/mol. The molecule has 0 saturated carbocycles. The number of nitrogens with zero attached hydrogens (tertiary/aromatic N) is 1. The lowest BCUT2D eigenvalue weighted by Crippen LogP contribution is -2.50. The minimum absolute atomic E-state index is 0.0360. The lowest BCUT2D eigenvalue weighted by molar-refractivity contribution is 0.0109. The highest BCUT2D eigenvalue weighted by molar-refractivity contribution is 4.82. The molecule has 0 amide bonds. The highest BCUT2D eigenvalue weighted by Crippen LogP contribution is 2.12. The lowest BCUT2D eigenvalue weighted by Gasteiger charge is -2.37. The SMILES string of the molecule is CCCN(CCOCCOCCOC)C(C)(C)CN. The van der Waals surface area contributed by atoms with Crippen LogP contribution in [-0.4, -0.2) is 70.2 Å². The van der Waals surface area contributed by atoms with Crippen LogP contribution in [0.5, 0.6) is 0 Å². The number of ether oxygens (including phenoxy) is 3. The summed E-state index contributed by atoms with van der Waals surface area (Å²) in [6, 6.07) is 0. The molecule has 19 heavy (non-hydrogen) atoms. The molecule has 0 aromatic carbocycles. The van der Waals surface area contributed by atoms with E-state index in [4.69, 9.17) is 19.9 Å². The number of nitrogens with two attached hydrogens (primary N) is 1. The van der Waals surface area contributed by atoms with Gasteiger partial charge in [0.25, 0.3) is 0 Å². The third-order valence-corrected chi connectivity index (χ3v) is 3.16. The number of methoxy groups -OCH3 is 1. The first-order chi connectivity index (χ1) is 9.08. The van der Waals surface area contributed by atoms with Gasteiger partial charge in [0.1, 0.15) is 0 Å². The molecule has 0 rings (SSSR count). The van der Waals surface area contributed by atoms with Gasteiger partial charge in [0.15, 0.2) is 0 Å². The molecule has 0 aliphatic carbocycles. The highest BCUT2D eigenvalue weighted by Gasteiger charge is 2.23. The molecule has 0 bridgehead atoms. The van der Waals surface area contributed by atoms with Crippen molar-refractivity contribution in [2.45, 2.75) is 32.7 Å². The van der Waals surface area contributed by atoms with E-state index < -0.39 is 0 Å². The van der Waals surface area contributed by atoms with Crippen LogP contribution in [0.1, 0.15) is 27.2 Å². The predicted molar refractivity (Wildman–Crippen MR) is 78.5 cm³/mol. The Kier molecular flexibility index (Phi) is 11.5. The largest absolute Gasteiger partial charge is 0.382 e. The minimum Gasteiger partial charge on any atom is -0.382 e. The van der Waals surface area contributed by atoms with Crippen LogP contribution in [0, 0.1) is 0 Å². The molecular formula is C14H32N2O3. The molecule has 5 nitrogen and oxygen atoms in total. The summed E-state index contributed by atoms with van der Waals surface area (Å²) in [4.78, 5) is 2.39. The van der Waals surface area contributed by atoms with Crippen LogP contribution in [0.2, 0.25) is 0 Å². The van der Waals surface area contributed by atoms with Crippen LogP contribution in [0.25, 0.3) is 0 Å². The van der Waals surface area contributed by atoms with E-state index in [0.29, 0.717) is 33.0 Å². The van der Waals surface area contributed by atoms with Gasteiger partial charge in [-0.1, -0.05) is 6.92 Å². The van der Waals surface area contributed by atoms with Crippen molar-refractivity contribution < 1.29 is 14.2 Å². The van der Waals surface area contributed by atoms with E-state index in [1.54, 1.807) is 7.11 Å². The van der Waals surface area contributed by atoms with Gasteiger partial charge in [0, 0.05) is 25.7 Å². The predicted octanol–water partition coefficient (Wildman–Crippen LogP) is 1.12. The van der Waals surface area contributed by atoms with E-state index in [-0.39, 0.29) is 5.54 Å². The smallest absolute Gasteiger partial charge is 0.0701 e. The van der Waals surface area contributed by atoms with Crippen LogP contribution in [0.3, 0.4) is 0 Å². The molecule has 0 spiro atoms. The Morgan fingerprint density at radius 1 is 0.947 bits per heavy atom. The number of hydrogen-bond donors (Lipinski definition) is 1. The van der Waals surface area contributed by atoms with Gasteiger partial charge < -0.3 is 19.9 Å². The third-order valence-electron chi connectivity index (χ3n) is 3.16. The van der Waals surface area contributed by atoms with Gasteiger partial charge in [-0.05, 0) is 26.8 Å². The quantitative estimate of drug-likeness (QED) is 0.511. The van der Waals surface area contributed by atoms with E-state index in [2.05, 4.69) is 25.7 Å². The van der Waals surface area contributed by atoms with E-state index >= 15 is 0 Å². The van der Waals surface area contributed by atoms with E-state index in [1.165, 1.54) is 0 Å². The van der Waals surface area contributed by atoms with Crippen LogP contribution in [-0.2, 0) is 14.2 Å². The zero-order chi connectivity index (χ0) is 14.6. The summed E-state index contributed by atoms with van der Waals surface area (Å²) in [6.45, 7) is 12.4. The molecule has 0 atom stereocenters. The molecule has 0 aromatic rings. The minimum atomic E-state index is 0.0360. The number of hydrogen-bond acceptors (Lipinski definition) is 5. The van der Waals surface area contributed by atoms with E-state index in [1.807, 2.05) is 0 Å². The van der Waals surface area contributed by atoms with Crippen molar-refractivity contribution in [2.24, 2.45) is 5.73 Å². The molecule has 0 fully saturated rings. The van der Waals surface area contributed by atoms with Crippen LogP contribution in [0.4, 0.5) is 0 Å². The fourth-order valence-electron chi connectivity index (χ4n) is 1.76. The Bertz CT molecular complexity index is 201. The Morgan fingerprint density at radius 3 is 2.05 bits per heavy atom. The molecule has 5 heteroatoms. The molecule has 0 unspecified atom stereocenters. The maximum atomic E-state index is 5.82. The van der Waals surface area contributed by atoms with Gasteiger partial charge in [-0.3, -0.25) is 4.90 Å². The second-order valence-corrected chi connectivity index (χ2v) is 5.22. The fraction of sp³-hybridized carbons (Fsp3) is 1.00. The Balaban J connectivity index is 3.65. The fourth-order valence-corrected chi connectivity index (χ4v) is 1.76. The van der Waals surface area contributed by atoms with Crippen molar-refractivity contribution in [3.63, 3.8) is 0 Å². The monoisotopic (exact) mass is 276 g/mol. The molecular weight excluding hydrogens is 244 g/mol. The first-order valence-corrected chi connectivity index (χ1v) is 7.18. The summed E-state index contributed by atoms with van der Waals surface area (Å²) in [5.74, 6) is 0. The summed E-state index contributed by atoms with van der Waals surface area (Å²) in [5.41, 5.74) is 5.86. The average Bonchev–Trinajstić information content (AvgIpc) is 2.40. The first-order valence-electron chi connectivity index (χ1n) is 7.18. The molecule has 0 heterocycles. The molecule has 2 N–H and O–H groups in total. The zero-order valence-electron chi connectivity index (χ0n) is 13.1. The summed E-state index contributed by atoms with van der Waals surface area (Å²) in [6.07, 6.45) is 1.13. The van der Waals surface area contributed by atoms with Crippen molar-refractivity contribution >= 4 is 0 Å². The second-order valence-electron chi connectivity index (χ2n) is 5.22. The van der Waals surface area contributed by atoms with Gasteiger partial charge in [0.2, 0.25) is 0 Å². The van der Waals surface area contributed by atoms with Crippen molar-refractivity contribution in [1.82, 2.24) is 4.90 Å². The Labute approximate surface area is 118 Å². The molecule has 0 aliphatic heterocycles. The van der Waals surface area contributed by atoms with Crippen molar-refractivity contribution in [1.29, 1.82) is 0 Å². The lowest BCUT2D eigenvalue weighted by atomic mass is 10.0. The molecule has 116 valence electrons. The molecule has 0 aromatic heterocycles. The zero-order valence-corrected chi connectivity index (χ0v) is 13.1. The van der Waals surface area contributed by atoms with Gasteiger partial charge in [-0.15, -0.1) is 0 Å². The third kappa shape index (κ3) is 9.35. The second kappa shape index (κ2) is 11.6. The molecule has 0 saturated heterocycles. The van der Waals surface area contributed by atoms with Crippen molar-refractivity contribution in [2.75, 3.05) is 59.8 Å². The standard InChI is InChI=1S/C14H32N2O3/c1-5-6-16(14(2,3)13-15)7-8-18-11-12-19-10-9-17-4/h5-13,15H2,1-4H3. The summed E-state index contributed by atoms with van der Waals surface area (Å²) in [7, 11) is 1.67. The Hall–Kier alpha value is -0.200. The van der Waals surface area contributed by atoms with Crippen LogP contribution < -0.4 is 5.73 Å². The Morgan fingerprint density at radius 2 is 1.53 bits per heavy atom. The summed E-state index contributed by atoms with van der Waals surface area (Å²) >= 11 is 0. The maximum Gasteiger partial charge on any atom is 0.0701 e. The first kappa shape index (κ1) is 18.8. The van der Waals surface area contributed by atoms with E-state index in [9.17, 15) is 0 Å².